The SMILES string of the molecule is CNC(c1ccc(Br)cc1OC)C1CCOC2(CCC2)C1. The van der Waals surface area contributed by atoms with E-state index in [1.165, 1.54) is 24.8 Å². The van der Waals surface area contributed by atoms with Crippen LogP contribution in [0.5, 0.6) is 5.75 Å². The molecule has 2 aliphatic rings. The van der Waals surface area contributed by atoms with Gasteiger partial charge in [0.1, 0.15) is 5.75 Å². The molecule has 116 valence electrons. The third kappa shape index (κ3) is 2.99. The molecule has 1 saturated heterocycles. The molecular formula is C17H24BrNO2. The van der Waals surface area contributed by atoms with Crippen molar-refractivity contribution in [3.05, 3.63) is 28.2 Å². The Kier molecular flexibility index (Phi) is 4.57. The first-order chi connectivity index (χ1) is 10.2. The zero-order valence-corrected chi connectivity index (χ0v) is 14.4. The monoisotopic (exact) mass is 353 g/mol. The van der Waals surface area contributed by atoms with Gasteiger partial charge in [0.2, 0.25) is 0 Å². The molecule has 0 radical (unpaired) electrons. The van der Waals surface area contributed by atoms with Crippen molar-refractivity contribution >= 4 is 15.9 Å². The molecule has 1 aromatic carbocycles. The minimum absolute atomic E-state index is 0.181. The van der Waals surface area contributed by atoms with Crippen molar-refractivity contribution in [2.75, 3.05) is 20.8 Å². The number of nitrogens with one attached hydrogen (secondary N) is 1. The molecule has 1 aliphatic carbocycles. The molecule has 1 heterocycles. The van der Waals surface area contributed by atoms with Crippen LogP contribution in [-0.2, 0) is 4.74 Å². The summed E-state index contributed by atoms with van der Waals surface area (Å²) in [5.41, 5.74) is 1.44. The van der Waals surface area contributed by atoms with Crippen LogP contribution in [-0.4, -0.2) is 26.4 Å². The predicted octanol–water partition coefficient (Wildman–Crippen LogP) is 4.07. The summed E-state index contributed by atoms with van der Waals surface area (Å²) in [7, 11) is 3.80. The third-order valence-electron chi connectivity index (χ3n) is 5.11. The van der Waals surface area contributed by atoms with Crippen LogP contribution in [0.25, 0.3) is 0 Å². The third-order valence-corrected chi connectivity index (χ3v) is 5.60. The summed E-state index contributed by atoms with van der Waals surface area (Å²) < 4.78 is 12.7. The van der Waals surface area contributed by atoms with Gasteiger partial charge in [-0.05, 0) is 57.2 Å². The van der Waals surface area contributed by atoms with Crippen molar-refractivity contribution in [3.8, 4) is 5.75 Å². The van der Waals surface area contributed by atoms with Crippen LogP contribution in [0.2, 0.25) is 0 Å². The summed E-state index contributed by atoms with van der Waals surface area (Å²) in [5, 5.41) is 3.52. The Morgan fingerprint density at radius 2 is 2.24 bits per heavy atom. The van der Waals surface area contributed by atoms with Gasteiger partial charge in [0, 0.05) is 22.7 Å². The van der Waals surface area contributed by atoms with E-state index < -0.39 is 0 Å². The van der Waals surface area contributed by atoms with Gasteiger partial charge in [-0.1, -0.05) is 22.0 Å². The molecule has 2 fully saturated rings. The number of hydrogen-bond donors (Lipinski definition) is 1. The lowest BCUT2D eigenvalue weighted by Gasteiger charge is -2.49. The maximum atomic E-state index is 6.07. The second kappa shape index (κ2) is 6.27. The normalized spacial score (nSPS) is 25.4. The summed E-state index contributed by atoms with van der Waals surface area (Å²) >= 11 is 3.52. The van der Waals surface area contributed by atoms with E-state index in [0.717, 1.165) is 29.7 Å². The molecule has 1 aliphatic heterocycles. The fraction of sp³-hybridized carbons (Fsp3) is 0.647. The Balaban J connectivity index is 1.84. The molecule has 1 aromatic rings. The highest BCUT2D eigenvalue weighted by Crippen LogP contribution is 2.48. The number of methoxy groups -OCH3 is 1. The van der Waals surface area contributed by atoms with Crippen molar-refractivity contribution in [2.24, 2.45) is 5.92 Å². The maximum absolute atomic E-state index is 6.07. The molecule has 3 rings (SSSR count). The molecule has 0 aromatic heterocycles. The Labute approximate surface area is 135 Å². The molecule has 1 spiro atoms. The highest BCUT2D eigenvalue weighted by Gasteiger charge is 2.44. The Morgan fingerprint density at radius 3 is 2.86 bits per heavy atom. The van der Waals surface area contributed by atoms with Gasteiger partial charge in [-0.25, -0.2) is 0 Å². The van der Waals surface area contributed by atoms with Gasteiger partial charge >= 0.3 is 0 Å². The molecule has 3 nitrogen and oxygen atoms in total. The largest absolute Gasteiger partial charge is 0.496 e. The predicted molar refractivity (Wildman–Crippen MR) is 87.8 cm³/mol. The molecule has 2 unspecified atom stereocenters. The smallest absolute Gasteiger partial charge is 0.124 e. The Bertz CT molecular complexity index is 502. The molecule has 1 saturated carbocycles. The zero-order chi connectivity index (χ0) is 14.9. The number of halogens is 1. The maximum Gasteiger partial charge on any atom is 0.124 e. The second-order valence-electron chi connectivity index (χ2n) is 6.29. The summed E-state index contributed by atoms with van der Waals surface area (Å²) in [6.45, 7) is 0.891. The van der Waals surface area contributed by atoms with Gasteiger partial charge < -0.3 is 14.8 Å². The molecule has 21 heavy (non-hydrogen) atoms. The van der Waals surface area contributed by atoms with Gasteiger partial charge in [0.25, 0.3) is 0 Å². The second-order valence-corrected chi connectivity index (χ2v) is 7.21. The van der Waals surface area contributed by atoms with Crippen LogP contribution in [0, 0.1) is 5.92 Å². The first-order valence-corrected chi connectivity index (χ1v) is 8.61. The van der Waals surface area contributed by atoms with E-state index in [2.05, 4.69) is 46.5 Å². The van der Waals surface area contributed by atoms with E-state index in [1.54, 1.807) is 7.11 Å². The van der Waals surface area contributed by atoms with Gasteiger partial charge in [-0.2, -0.15) is 0 Å². The van der Waals surface area contributed by atoms with Gasteiger partial charge in [0.05, 0.1) is 12.7 Å². The van der Waals surface area contributed by atoms with E-state index in [1.807, 2.05) is 0 Å². The van der Waals surface area contributed by atoms with Crippen LogP contribution < -0.4 is 10.1 Å². The minimum atomic E-state index is 0.181. The summed E-state index contributed by atoms with van der Waals surface area (Å²) in [4.78, 5) is 0. The summed E-state index contributed by atoms with van der Waals surface area (Å²) in [5.74, 6) is 1.57. The summed E-state index contributed by atoms with van der Waals surface area (Å²) in [6, 6.07) is 6.65. The van der Waals surface area contributed by atoms with Gasteiger partial charge in [-0.3, -0.25) is 0 Å². The lowest BCUT2D eigenvalue weighted by Crippen LogP contribution is -2.47. The number of hydrogen-bond acceptors (Lipinski definition) is 3. The Morgan fingerprint density at radius 1 is 1.43 bits per heavy atom. The molecule has 0 bridgehead atoms. The fourth-order valence-electron chi connectivity index (χ4n) is 3.86. The van der Waals surface area contributed by atoms with E-state index >= 15 is 0 Å². The van der Waals surface area contributed by atoms with Crippen LogP contribution in [0.15, 0.2) is 22.7 Å². The van der Waals surface area contributed by atoms with Crippen molar-refractivity contribution in [1.29, 1.82) is 0 Å². The van der Waals surface area contributed by atoms with E-state index in [4.69, 9.17) is 9.47 Å². The average Bonchev–Trinajstić information content (AvgIpc) is 2.48. The zero-order valence-electron chi connectivity index (χ0n) is 12.8. The Hall–Kier alpha value is -0.580. The van der Waals surface area contributed by atoms with Crippen molar-refractivity contribution in [2.45, 2.75) is 43.7 Å². The molecular weight excluding hydrogens is 330 g/mol. The molecule has 1 N–H and O–H groups in total. The molecule has 4 heteroatoms. The van der Waals surface area contributed by atoms with Crippen molar-refractivity contribution < 1.29 is 9.47 Å². The van der Waals surface area contributed by atoms with Gasteiger partial charge in [0.15, 0.2) is 0 Å². The molecule has 2 atom stereocenters. The first kappa shape index (κ1) is 15.3. The highest BCUT2D eigenvalue weighted by atomic mass is 79.9. The average molecular weight is 354 g/mol. The summed E-state index contributed by atoms with van der Waals surface area (Å²) in [6.07, 6.45) is 6.07. The topological polar surface area (TPSA) is 30.5 Å². The van der Waals surface area contributed by atoms with Crippen molar-refractivity contribution in [1.82, 2.24) is 5.32 Å². The highest BCUT2D eigenvalue weighted by molar-refractivity contribution is 9.10. The van der Waals surface area contributed by atoms with Crippen LogP contribution >= 0.6 is 15.9 Å². The quantitative estimate of drug-likeness (QED) is 0.884. The number of benzene rings is 1. The number of rotatable bonds is 4. The minimum Gasteiger partial charge on any atom is -0.496 e. The van der Waals surface area contributed by atoms with E-state index in [-0.39, 0.29) is 5.60 Å². The lowest BCUT2D eigenvalue weighted by molar-refractivity contribution is -0.147. The van der Waals surface area contributed by atoms with E-state index in [9.17, 15) is 0 Å². The first-order valence-electron chi connectivity index (χ1n) is 7.82. The van der Waals surface area contributed by atoms with Crippen LogP contribution in [0.4, 0.5) is 0 Å². The fourth-order valence-corrected chi connectivity index (χ4v) is 4.20. The van der Waals surface area contributed by atoms with Gasteiger partial charge in [-0.15, -0.1) is 0 Å². The van der Waals surface area contributed by atoms with E-state index in [0.29, 0.717) is 12.0 Å². The van der Waals surface area contributed by atoms with Crippen LogP contribution in [0.1, 0.15) is 43.7 Å². The molecule has 0 amide bonds. The lowest BCUT2D eigenvalue weighted by atomic mass is 9.69. The van der Waals surface area contributed by atoms with Crippen LogP contribution in [0.3, 0.4) is 0 Å². The number of ether oxygens (including phenoxy) is 2. The standard InChI is InChI=1S/C17H24BrNO2/c1-19-16(14-5-4-13(18)10-15(14)20-2)12-6-9-21-17(11-12)7-3-8-17/h4-5,10,12,16,19H,3,6-9,11H2,1-2H3. The van der Waals surface area contributed by atoms with Crippen molar-refractivity contribution in [3.63, 3.8) is 0 Å².